The highest BCUT2D eigenvalue weighted by molar-refractivity contribution is 6.32. The minimum absolute atomic E-state index is 0.372. The number of fused-ring (bicyclic) bond motifs is 1. The predicted molar refractivity (Wildman–Crippen MR) is 90.5 cm³/mol. The fraction of sp³-hybridized carbons (Fsp3) is 0.278. The Balaban J connectivity index is 1.94. The average molecular weight is 315 g/mol. The van der Waals surface area contributed by atoms with Crippen LogP contribution < -0.4 is 4.74 Å². The Hall–Kier alpha value is -2.00. The number of rotatable bonds is 5. The summed E-state index contributed by atoms with van der Waals surface area (Å²) >= 11 is 6.15. The van der Waals surface area contributed by atoms with Gasteiger partial charge in [-0.2, -0.15) is 0 Å². The number of hydrogen-bond donors (Lipinski definition) is 0. The summed E-state index contributed by atoms with van der Waals surface area (Å²) in [6.07, 6.45) is 1.04. The van der Waals surface area contributed by atoms with Crippen LogP contribution >= 0.6 is 11.6 Å². The number of halogens is 1. The lowest BCUT2D eigenvalue weighted by Gasteiger charge is -2.16. The first-order valence-corrected chi connectivity index (χ1v) is 7.91. The molecule has 0 saturated heterocycles. The topological polar surface area (TPSA) is 27.1 Å². The van der Waals surface area contributed by atoms with Crippen molar-refractivity contribution < 1.29 is 4.74 Å². The van der Waals surface area contributed by atoms with E-state index in [1.807, 2.05) is 42.5 Å². The Kier molecular flexibility index (Phi) is 4.34. The molecular formula is C18H19ClN2O. The van der Waals surface area contributed by atoms with Crippen molar-refractivity contribution in [3.63, 3.8) is 0 Å². The lowest BCUT2D eigenvalue weighted by molar-refractivity contribution is 0.286. The summed E-state index contributed by atoms with van der Waals surface area (Å²) in [6.45, 7) is 4.79. The van der Waals surface area contributed by atoms with Gasteiger partial charge in [0.2, 0.25) is 0 Å². The Bertz CT molecular complexity index is 782. The second kappa shape index (κ2) is 6.41. The molecule has 0 spiro atoms. The Labute approximate surface area is 135 Å². The highest BCUT2D eigenvalue weighted by Crippen LogP contribution is 2.27. The molecule has 2 aromatic carbocycles. The smallest absolute Gasteiger partial charge is 0.148 e. The van der Waals surface area contributed by atoms with Crippen LogP contribution in [-0.4, -0.2) is 9.55 Å². The summed E-state index contributed by atoms with van der Waals surface area (Å²) in [5.74, 6) is 1.61. The van der Waals surface area contributed by atoms with Gasteiger partial charge < -0.3 is 9.30 Å². The van der Waals surface area contributed by atoms with Crippen LogP contribution in [-0.2, 0) is 6.61 Å². The standard InChI is InChI=1S/C18H19ClN2O/c1-3-13(2)21-16-10-6-5-9-15(16)20-18(21)12-22-17-11-7-4-8-14(17)19/h4-11,13H,3,12H2,1-2H3. The molecule has 0 fully saturated rings. The van der Waals surface area contributed by atoms with Crippen LogP contribution in [0.1, 0.15) is 32.1 Å². The molecule has 114 valence electrons. The van der Waals surface area contributed by atoms with Crippen molar-refractivity contribution in [1.29, 1.82) is 0 Å². The number of nitrogens with zero attached hydrogens (tertiary/aromatic N) is 2. The number of ether oxygens (including phenoxy) is 1. The first kappa shape index (κ1) is 14.9. The third-order valence-electron chi connectivity index (χ3n) is 3.89. The summed E-state index contributed by atoms with van der Waals surface area (Å²) in [4.78, 5) is 4.72. The van der Waals surface area contributed by atoms with E-state index in [0.29, 0.717) is 23.4 Å². The molecule has 0 aliphatic heterocycles. The van der Waals surface area contributed by atoms with Gasteiger partial charge in [0, 0.05) is 6.04 Å². The van der Waals surface area contributed by atoms with Crippen molar-refractivity contribution >= 4 is 22.6 Å². The molecule has 1 atom stereocenters. The minimum Gasteiger partial charge on any atom is -0.484 e. The molecule has 3 aromatic rings. The van der Waals surface area contributed by atoms with E-state index in [1.165, 1.54) is 0 Å². The molecule has 1 unspecified atom stereocenters. The quantitative estimate of drug-likeness (QED) is 0.644. The monoisotopic (exact) mass is 314 g/mol. The van der Waals surface area contributed by atoms with Gasteiger partial charge in [-0.3, -0.25) is 0 Å². The van der Waals surface area contributed by atoms with Crippen LogP contribution in [0.3, 0.4) is 0 Å². The van der Waals surface area contributed by atoms with E-state index >= 15 is 0 Å². The van der Waals surface area contributed by atoms with Gasteiger partial charge in [-0.15, -0.1) is 0 Å². The first-order chi connectivity index (χ1) is 10.7. The van der Waals surface area contributed by atoms with Gasteiger partial charge in [-0.05, 0) is 37.6 Å². The van der Waals surface area contributed by atoms with Gasteiger partial charge >= 0.3 is 0 Å². The summed E-state index contributed by atoms with van der Waals surface area (Å²) < 4.78 is 8.13. The molecule has 22 heavy (non-hydrogen) atoms. The Morgan fingerprint density at radius 3 is 2.64 bits per heavy atom. The van der Waals surface area contributed by atoms with Gasteiger partial charge in [0.1, 0.15) is 18.2 Å². The maximum absolute atomic E-state index is 6.15. The third kappa shape index (κ3) is 2.81. The van der Waals surface area contributed by atoms with Crippen molar-refractivity contribution in [3.05, 3.63) is 59.4 Å². The molecule has 0 amide bonds. The van der Waals surface area contributed by atoms with Crippen LogP contribution in [0.2, 0.25) is 5.02 Å². The van der Waals surface area contributed by atoms with Crippen molar-refractivity contribution in [2.75, 3.05) is 0 Å². The molecule has 3 nitrogen and oxygen atoms in total. The van der Waals surface area contributed by atoms with Crippen LogP contribution in [0.15, 0.2) is 48.5 Å². The summed E-state index contributed by atoms with van der Waals surface area (Å²) in [5.41, 5.74) is 2.15. The van der Waals surface area contributed by atoms with Gasteiger partial charge in [0.25, 0.3) is 0 Å². The average Bonchev–Trinajstić information content (AvgIpc) is 2.91. The van der Waals surface area contributed by atoms with Crippen molar-refractivity contribution in [2.24, 2.45) is 0 Å². The van der Waals surface area contributed by atoms with E-state index in [4.69, 9.17) is 21.3 Å². The highest BCUT2D eigenvalue weighted by atomic mass is 35.5. The van der Waals surface area contributed by atoms with E-state index in [1.54, 1.807) is 0 Å². The van der Waals surface area contributed by atoms with Crippen LogP contribution in [0.25, 0.3) is 11.0 Å². The van der Waals surface area contributed by atoms with E-state index in [9.17, 15) is 0 Å². The van der Waals surface area contributed by atoms with Crippen LogP contribution in [0.4, 0.5) is 0 Å². The normalized spacial score (nSPS) is 12.5. The van der Waals surface area contributed by atoms with Gasteiger partial charge in [-0.1, -0.05) is 42.8 Å². The molecular weight excluding hydrogens is 296 g/mol. The SMILES string of the molecule is CCC(C)n1c(COc2ccccc2Cl)nc2ccccc21. The van der Waals surface area contributed by atoms with E-state index in [2.05, 4.69) is 24.5 Å². The number of imidazole rings is 1. The maximum atomic E-state index is 6.15. The zero-order valence-corrected chi connectivity index (χ0v) is 13.5. The third-order valence-corrected chi connectivity index (χ3v) is 4.21. The largest absolute Gasteiger partial charge is 0.484 e. The van der Waals surface area contributed by atoms with Crippen molar-refractivity contribution in [3.8, 4) is 5.75 Å². The lowest BCUT2D eigenvalue weighted by Crippen LogP contribution is -2.11. The second-order valence-electron chi connectivity index (χ2n) is 5.36. The molecule has 0 aliphatic carbocycles. The van der Waals surface area contributed by atoms with Gasteiger partial charge in [0.15, 0.2) is 0 Å². The maximum Gasteiger partial charge on any atom is 0.148 e. The number of hydrogen-bond acceptors (Lipinski definition) is 2. The van der Waals surface area contributed by atoms with Gasteiger partial charge in [0.05, 0.1) is 16.1 Å². The number of para-hydroxylation sites is 3. The molecule has 0 N–H and O–H groups in total. The second-order valence-corrected chi connectivity index (χ2v) is 5.77. The molecule has 1 heterocycles. The first-order valence-electron chi connectivity index (χ1n) is 7.54. The van der Waals surface area contributed by atoms with E-state index < -0.39 is 0 Å². The van der Waals surface area contributed by atoms with Crippen LogP contribution in [0, 0.1) is 0 Å². The van der Waals surface area contributed by atoms with Crippen molar-refractivity contribution in [2.45, 2.75) is 32.9 Å². The van der Waals surface area contributed by atoms with Crippen molar-refractivity contribution in [1.82, 2.24) is 9.55 Å². The summed E-state index contributed by atoms with van der Waals surface area (Å²) in [6, 6.07) is 16.1. The highest BCUT2D eigenvalue weighted by Gasteiger charge is 2.15. The molecule has 0 bridgehead atoms. The van der Waals surface area contributed by atoms with Gasteiger partial charge in [-0.25, -0.2) is 4.98 Å². The summed E-state index contributed by atoms with van der Waals surface area (Å²) in [5, 5.41) is 0.619. The fourth-order valence-electron chi connectivity index (χ4n) is 2.57. The Morgan fingerprint density at radius 2 is 1.86 bits per heavy atom. The van der Waals surface area contributed by atoms with E-state index in [-0.39, 0.29) is 0 Å². The molecule has 4 heteroatoms. The Morgan fingerprint density at radius 1 is 1.14 bits per heavy atom. The number of aromatic nitrogens is 2. The summed E-state index contributed by atoms with van der Waals surface area (Å²) in [7, 11) is 0. The fourth-order valence-corrected chi connectivity index (χ4v) is 2.76. The zero-order chi connectivity index (χ0) is 15.5. The van der Waals surface area contributed by atoms with E-state index in [0.717, 1.165) is 23.3 Å². The number of benzene rings is 2. The minimum atomic E-state index is 0.372. The zero-order valence-electron chi connectivity index (χ0n) is 12.8. The predicted octanol–water partition coefficient (Wildman–Crippen LogP) is 5.24. The molecule has 0 saturated carbocycles. The molecule has 0 aliphatic rings. The lowest BCUT2D eigenvalue weighted by atomic mass is 10.2. The van der Waals surface area contributed by atoms with Crippen LogP contribution in [0.5, 0.6) is 5.75 Å². The molecule has 0 radical (unpaired) electrons. The molecule has 1 aromatic heterocycles. The molecule has 3 rings (SSSR count).